The summed E-state index contributed by atoms with van der Waals surface area (Å²) in [6.07, 6.45) is 1.06. The van der Waals surface area contributed by atoms with Crippen LogP contribution in [0.15, 0.2) is 54.6 Å². The molecule has 0 aliphatic carbocycles. The van der Waals surface area contributed by atoms with E-state index in [1.54, 1.807) is 18.2 Å². The van der Waals surface area contributed by atoms with Crippen molar-refractivity contribution in [2.75, 3.05) is 13.1 Å². The molecule has 0 aromatic heterocycles. The van der Waals surface area contributed by atoms with Crippen molar-refractivity contribution in [3.63, 3.8) is 0 Å². The van der Waals surface area contributed by atoms with Crippen LogP contribution in [0.5, 0.6) is 0 Å². The maximum Gasteiger partial charge on any atom is 0.237 e. The molecule has 1 fully saturated rings. The third kappa shape index (κ3) is 3.82. The Hall–Kier alpha value is -2.20. The molecule has 0 saturated carbocycles. The molecule has 4 heteroatoms. The van der Waals surface area contributed by atoms with E-state index in [0.717, 1.165) is 19.5 Å². The molecular weight excluding hydrogens is 303 g/mol. The maximum absolute atomic E-state index is 13.6. The second-order valence-corrected chi connectivity index (χ2v) is 6.38. The second kappa shape index (κ2) is 7.58. The molecule has 24 heavy (non-hydrogen) atoms. The number of carbonyl (C=O) groups is 1. The van der Waals surface area contributed by atoms with E-state index in [2.05, 4.69) is 34.5 Å². The summed E-state index contributed by atoms with van der Waals surface area (Å²) in [6.45, 7) is 3.95. The van der Waals surface area contributed by atoms with Crippen molar-refractivity contribution in [1.29, 1.82) is 0 Å². The highest BCUT2D eigenvalue weighted by Gasteiger charge is 2.30. The highest BCUT2D eigenvalue weighted by Crippen LogP contribution is 2.28. The SMILES string of the molecule is C[C@@H](C(=O)NCc1ccccc1F)N1CC[C@H](c2ccccc2)C1. The Labute approximate surface area is 142 Å². The van der Waals surface area contributed by atoms with Crippen LogP contribution < -0.4 is 5.32 Å². The normalized spacial score (nSPS) is 19.2. The van der Waals surface area contributed by atoms with Crippen LogP contribution in [0.2, 0.25) is 0 Å². The molecule has 0 unspecified atom stereocenters. The number of halogens is 1. The molecule has 0 bridgehead atoms. The van der Waals surface area contributed by atoms with Crippen molar-refractivity contribution in [2.45, 2.75) is 31.8 Å². The van der Waals surface area contributed by atoms with Gasteiger partial charge in [-0.05, 0) is 37.4 Å². The monoisotopic (exact) mass is 326 g/mol. The smallest absolute Gasteiger partial charge is 0.237 e. The van der Waals surface area contributed by atoms with Crippen molar-refractivity contribution in [2.24, 2.45) is 0 Å². The maximum atomic E-state index is 13.6. The number of nitrogens with zero attached hydrogens (tertiary/aromatic N) is 1. The quantitative estimate of drug-likeness (QED) is 0.914. The molecule has 0 spiro atoms. The highest BCUT2D eigenvalue weighted by molar-refractivity contribution is 5.81. The molecule has 1 amide bonds. The van der Waals surface area contributed by atoms with E-state index in [1.807, 2.05) is 13.0 Å². The molecular formula is C20H23FN2O. The Morgan fingerprint density at radius 1 is 1.21 bits per heavy atom. The summed E-state index contributed by atoms with van der Waals surface area (Å²) in [4.78, 5) is 14.6. The Morgan fingerprint density at radius 2 is 1.92 bits per heavy atom. The first-order valence-corrected chi connectivity index (χ1v) is 8.45. The van der Waals surface area contributed by atoms with Gasteiger partial charge in [-0.15, -0.1) is 0 Å². The van der Waals surface area contributed by atoms with Crippen LogP contribution >= 0.6 is 0 Å². The lowest BCUT2D eigenvalue weighted by Gasteiger charge is -2.23. The zero-order chi connectivity index (χ0) is 16.9. The molecule has 1 aliphatic rings. The van der Waals surface area contributed by atoms with E-state index < -0.39 is 0 Å². The summed E-state index contributed by atoms with van der Waals surface area (Å²) in [5.41, 5.74) is 1.85. The molecule has 2 aromatic carbocycles. The fourth-order valence-corrected chi connectivity index (χ4v) is 3.27. The van der Waals surface area contributed by atoms with E-state index in [-0.39, 0.29) is 24.3 Å². The summed E-state index contributed by atoms with van der Waals surface area (Å²) >= 11 is 0. The van der Waals surface area contributed by atoms with E-state index in [1.165, 1.54) is 11.6 Å². The van der Waals surface area contributed by atoms with Gasteiger partial charge in [0.2, 0.25) is 5.91 Å². The van der Waals surface area contributed by atoms with Crippen LogP contribution in [0.4, 0.5) is 4.39 Å². The number of carbonyl (C=O) groups excluding carboxylic acids is 1. The Bertz CT molecular complexity index is 689. The number of likely N-dealkylation sites (tertiary alicyclic amines) is 1. The summed E-state index contributed by atoms with van der Waals surface area (Å²) in [6, 6.07) is 16.8. The van der Waals surface area contributed by atoms with Crippen LogP contribution in [0, 0.1) is 5.82 Å². The first-order valence-electron chi connectivity index (χ1n) is 8.45. The lowest BCUT2D eigenvalue weighted by molar-refractivity contribution is -0.125. The van der Waals surface area contributed by atoms with Gasteiger partial charge in [0.15, 0.2) is 0 Å². The fourth-order valence-electron chi connectivity index (χ4n) is 3.27. The molecule has 1 aliphatic heterocycles. The number of hydrogen-bond donors (Lipinski definition) is 1. The van der Waals surface area contributed by atoms with Crippen molar-refractivity contribution < 1.29 is 9.18 Å². The minimum Gasteiger partial charge on any atom is -0.351 e. The van der Waals surface area contributed by atoms with E-state index in [0.29, 0.717) is 11.5 Å². The number of benzene rings is 2. The molecule has 2 atom stereocenters. The van der Waals surface area contributed by atoms with Gasteiger partial charge in [-0.25, -0.2) is 4.39 Å². The van der Waals surface area contributed by atoms with Gasteiger partial charge in [0.25, 0.3) is 0 Å². The van der Waals surface area contributed by atoms with Crippen molar-refractivity contribution >= 4 is 5.91 Å². The van der Waals surface area contributed by atoms with E-state index in [4.69, 9.17) is 0 Å². The minimum atomic E-state index is -0.282. The van der Waals surface area contributed by atoms with E-state index >= 15 is 0 Å². The van der Waals surface area contributed by atoms with Crippen molar-refractivity contribution in [3.8, 4) is 0 Å². The fraction of sp³-hybridized carbons (Fsp3) is 0.350. The van der Waals surface area contributed by atoms with Crippen molar-refractivity contribution in [3.05, 3.63) is 71.5 Å². The van der Waals surface area contributed by atoms with Gasteiger partial charge in [0.05, 0.1) is 6.04 Å². The average Bonchev–Trinajstić information content (AvgIpc) is 3.11. The number of amides is 1. The molecule has 2 aromatic rings. The van der Waals surface area contributed by atoms with Gasteiger partial charge in [-0.2, -0.15) is 0 Å². The molecule has 0 radical (unpaired) electrons. The van der Waals surface area contributed by atoms with Crippen LogP contribution in [0.3, 0.4) is 0 Å². The van der Waals surface area contributed by atoms with Crippen LogP contribution in [0.1, 0.15) is 30.4 Å². The third-order valence-electron chi connectivity index (χ3n) is 4.83. The topological polar surface area (TPSA) is 32.3 Å². The predicted octanol–water partition coefficient (Wildman–Crippen LogP) is 3.32. The van der Waals surface area contributed by atoms with Crippen LogP contribution in [0.25, 0.3) is 0 Å². The minimum absolute atomic E-state index is 0.0491. The number of nitrogens with one attached hydrogen (secondary N) is 1. The standard InChI is InChI=1S/C20H23FN2O/c1-15(20(24)22-13-17-9-5-6-10-19(17)21)23-12-11-18(14-23)16-7-3-2-4-8-16/h2-10,15,18H,11-14H2,1H3,(H,22,24)/t15-,18-/m0/s1. The summed E-state index contributed by atoms with van der Waals surface area (Å²) in [7, 11) is 0. The molecule has 3 rings (SSSR count). The van der Waals surface area contributed by atoms with Gasteiger partial charge in [0, 0.05) is 18.7 Å². The Kier molecular flexibility index (Phi) is 5.26. The van der Waals surface area contributed by atoms with Crippen LogP contribution in [-0.2, 0) is 11.3 Å². The summed E-state index contributed by atoms with van der Waals surface area (Å²) in [5, 5.41) is 2.85. The molecule has 1 N–H and O–H groups in total. The first-order chi connectivity index (χ1) is 11.6. The predicted molar refractivity (Wildman–Crippen MR) is 93.1 cm³/mol. The number of rotatable bonds is 5. The summed E-state index contributed by atoms with van der Waals surface area (Å²) < 4.78 is 13.6. The zero-order valence-corrected chi connectivity index (χ0v) is 13.9. The van der Waals surface area contributed by atoms with Crippen LogP contribution in [-0.4, -0.2) is 29.9 Å². The molecule has 126 valence electrons. The zero-order valence-electron chi connectivity index (χ0n) is 13.9. The molecule has 1 heterocycles. The summed E-state index contributed by atoms with van der Waals surface area (Å²) in [5.74, 6) is 0.149. The average molecular weight is 326 g/mol. The lowest BCUT2D eigenvalue weighted by Crippen LogP contribution is -2.43. The van der Waals surface area contributed by atoms with Gasteiger partial charge < -0.3 is 5.32 Å². The Morgan fingerprint density at radius 3 is 2.67 bits per heavy atom. The highest BCUT2D eigenvalue weighted by atomic mass is 19.1. The number of hydrogen-bond acceptors (Lipinski definition) is 2. The second-order valence-electron chi connectivity index (χ2n) is 6.38. The van der Waals surface area contributed by atoms with Gasteiger partial charge in [-0.1, -0.05) is 48.5 Å². The molecule has 3 nitrogen and oxygen atoms in total. The van der Waals surface area contributed by atoms with Crippen molar-refractivity contribution in [1.82, 2.24) is 10.2 Å². The lowest BCUT2D eigenvalue weighted by atomic mass is 9.99. The largest absolute Gasteiger partial charge is 0.351 e. The molecule has 1 saturated heterocycles. The van der Waals surface area contributed by atoms with Gasteiger partial charge >= 0.3 is 0 Å². The first kappa shape index (κ1) is 16.7. The third-order valence-corrected chi connectivity index (χ3v) is 4.83. The van der Waals surface area contributed by atoms with E-state index in [9.17, 15) is 9.18 Å². The van der Waals surface area contributed by atoms with Gasteiger partial charge in [-0.3, -0.25) is 9.69 Å². The Balaban J connectivity index is 1.54. The van der Waals surface area contributed by atoms with Gasteiger partial charge in [0.1, 0.15) is 5.82 Å².